The zero-order valence-corrected chi connectivity index (χ0v) is 14.5. The van der Waals surface area contributed by atoms with E-state index in [9.17, 15) is 4.39 Å². The number of rotatable bonds is 4. The predicted octanol–water partition coefficient (Wildman–Crippen LogP) is 5.02. The summed E-state index contributed by atoms with van der Waals surface area (Å²) in [6.07, 6.45) is 0.785. The molecule has 2 rings (SSSR count). The zero-order chi connectivity index (χ0) is 15.6. The van der Waals surface area contributed by atoms with Crippen LogP contribution in [-0.2, 0) is 6.42 Å². The molecular formula is C18H21BrFN. The summed E-state index contributed by atoms with van der Waals surface area (Å²) in [5.74, 6) is -0.175. The molecule has 0 aliphatic heterocycles. The lowest BCUT2D eigenvalue weighted by atomic mass is 9.91. The minimum absolute atomic E-state index is 0.0294. The Morgan fingerprint density at radius 3 is 2.24 bits per heavy atom. The van der Waals surface area contributed by atoms with E-state index in [4.69, 9.17) is 0 Å². The van der Waals surface area contributed by atoms with Gasteiger partial charge in [-0.25, -0.2) is 4.39 Å². The Bertz CT molecular complexity index is 629. The van der Waals surface area contributed by atoms with E-state index in [1.165, 1.54) is 28.3 Å². The van der Waals surface area contributed by atoms with Gasteiger partial charge in [-0.15, -0.1) is 0 Å². The van der Waals surface area contributed by atoms with Crippen molar-refractivity contribution in [1.29, 1.82) is 0 Å². The van der Waals surface area contributed by atoms with E-state index in [0.29, 0.717) is 5.56 Å². The minimum Gasteiger partial charge on any atom is -0.313 e. The van der Waals surface area contributed by atoms with Crippen LogP contribution in [0.1, 0.15) is 33.9 Å². The monoisotopic (exact) mass is 349 g/mol. The van der Waals surface area contributed by atoms with E-state index in [2.05, 4.69) is 54.2 Å². The summed E-state index contributed by atoms with van der Waals surface area (Å²) in [7, 11) is 1.88. The van der Waals surface area contributed by atoms with E-state index >= 15 is 0 Å². The van der Waals surface area contributed by atoms with Gasteiger partial charge in [0.05, 0.1) is 0 Å². The maximum absolute atomic E-state index is 14.2. The van der Waals surface area contributed by atoms with Crippen LogP contribution in [0.3, 0.4) is 0 Å². The minimum atomic E-state index is -0.175. The lowest BCUT2D eigenvalue weighted by molar-refractivity contribution is 0.532. The highest BCUT2D eigenvalue weighted by atomic mass is 79.9. The molecule has 0 spiro atoms. The van der Waals surface area contributed by atoms with Crippen molar-refractivity contribution in [3.8, 4) is 0 Å². The first-order valence-corrected chi connectivity index (χ1v) is 7.90. The Hall–Kier alpha value is -1.19. The Labute approximate surface area is 134 Å². The topological polar surface area (TPSA) is 12.0 Å². The number of likely N-dealkylation sites (N-methyl/N-ethyl adjacent to an activating group) is 1. The average Bonchev–Trinajstić information content (AvgIpc) is 2.39. The molecule has 21 heavy (non-hydrogen) atoms. The van der Waals surface area contributed by atoms with Crippen molar-refractivity contribution >= 4 is 15.9 Å². The Morgan fingerprint density at radius 2 is 1.71 bits per heavy atom. The molecular weight excluding hydrogens is 329 g/mol. The first kappa shape index (κ1) is 16.2. The van der Waals surface area contributed by atoms with Crippen molar-refractivity contribution in [2.75, 3.05) is 7.05 Å². The standard InChI is InChI=1S/C18H21BrFN/c1-11-7-12(2)16(13(3)8-11)10-18(21-4)15-6-5-14(19)9-17(15)20/h5-9,18,21H,10H2,1-4H3. The highest BCUT2D eigenvalue weighted by Gasteiger charge is 2.17. The molecule has 0 saturated heterocycles. The van der Waals surface area contributed by atoms with E-state index in [0.717, 1.165) is 10.9 Å². The van der Waals surface area contributed by atoms with Gasteiger partial charge in [-0.2, -0.15) is 0 Å². The fraction of sp³-hybridized carbons (Fsp3) is 0.333. The van der Waals surface area contributed by atoms with Crippen LogP contribution in [0, 0.1) is 26.6 Å². The Morgan fingerprint density at radius 1 is 1.10 bits per heavy atom. The van der Waals surface area contributed by atoms with E-state index in [-0.39, 0.29) is 11.9 Å². The van der Waals surface area contributed by atoms with Crippen molar-refractivity contribution in [1.82, 2.24) is 5.32 Å². The van der Waals surface area contributed by atoms with Crippen molar-refractivity contribution < 1.29 is 4.39 Å². The summed E-state index contributed by atoms with van der Waals surface area (Å²) in [4.78, 5) is 0. The molecule has 0 fully saturated rings. The van der Waals surface area contributed by atoms with Gasteiger partial charge in [-0.1, -0.05) is 39.7 Å². The molecule has 0 amide bonds. The highest BCUT2D eigenvalue weighted by Crippen LogP contribution is 2.27. The second-order valence-electron chi connectivity index (χ2n) is 5.59. The first-order valence-electron chi connectivity index (χ1n) is 7.11. The Balaban J connectivity index is 2.36. The van der Waals surface area contributed by atoms with Crippen LogP contribution in [-0.4, -0.2) is 7.05 Å². The quantitative estimate of drug-likeness (QED) is 0.817. The van der Waals surface area contributed by atoms with E-state index < -0.39 is 0 Å². The van der Waals surface area contributed by atoms with Crippen LogP contribution < -0.4 is 5.32 Å². The second-order valence-corrected chi connectivity index (χ2v) is 6.50. The summed E-state index contributed by atoms with van der Waals surface area (Å²) in [6.45, 7) is 6.35. The van der Waals surface area contributed by atoms with Crippen molar-refractivity contribution in [3.63, 3.8) is 0 Å². The van der Waals surface area contributed by atoms with Gasteiger partial charge >= 0.3 is 0 Å². The van der Waals surface area contributed by atoms with Crippen LogP contribution in [0.15, 0.2) is 34.8 Å². The van der Waals surface area contributed by atoms with Gasteiger partial charge in [-0.3, -0.25) is 0 Å². The molecule has 2 aromatic carbocycles. The maximum Gasteiger partial charge on any atom is 0.129 e. The van der Waals surface area contributed by atoms with Crippen LogP contribution in [0.25, 0.3) is 0 Å². The molecule has 0 aromatic heterocycles. The second kappa shape index (κ2) is 6.71. The van der Waals surface area contributed by atoms with Gasteiger partial charge < -0.3 is 5.32 Å². The zero-order valence-electron chi connectivity index (χ0n) is 12.9. The predicted molar refractivity (Wildman–Crippen MR) is 90.3 cm³/mol. The maximum atomic E-state index is 14.2. The molecule has 1 unspecified atom stereocenters. The highest BCUT2D eigenvalue weighted by molar-refractivity contribution is 9.10. The fourth-order valence-electron chi connectivity index (χ4n) is 2.89. The summed E-state index contributed by atoms with van der Waals surface area (Å²) in [5.41, 5.74) is 5.81. The molecule has 112 valence electrons. The molecule has 0 heterocycles. The van der Waals surface area contributed by atoms with Gasteiger partial charge in [0.2, 0.25) is 0 Å². The molecule has 0 aliphatic carbocycles. The Kier molecular flexibility index (Phi) is 5.17. The van der Waals surface area contributed by atoms with Crippen molar-refractivity contribution in [2.45, 2.75) is 33.2 Å². The van der Waals surface area contributed by atoms with Gasteiger partial charge in [0.1, 0.15) is 5.82 Å². The molecule has 0 aliphatic rings. The molecule has 1 nitrogen and oxygen atoms in total. The number of halogens is 2. The number of hydrogen-bond donors (Lipinski definition) is 1. The smallest absolute Gasteiger partial charge is 0.129 e. The third-order valence-electron chi connectivity index (χ3n) is 3.93. The van der Waals surface area contributed by atoms with Crippen molar-refractivity contribution in [2.24, 2.45) is 0 Å². The van der Waals surface area contributed by atoms with Crippen molar-refractivity contribution in [3.05, 3.63) is 68.4 Å². The van der Waals surface area contributed by atoms with Crippen LogP contribution in [0.2, 0.25) is 0 Å². The molecule has 0 bridgehead atoms. The summed E-state index contributed by atoms with van der Waals surface area (Å²) < 4.78 is 15.0. The van der Waals surface area contributed by atoms with Gasteiger partial charge in [0.15, 0.2) is 0 Å². The summed E-state index contributed by atoms with van der Waals surface area (Å²) >= 11 is 3.30. The summed E-state index contributed by atoms with van der Waals surface area (Å²) in [6, 6.07) is 9.60. The normalized spacial score (nSPS) is 12.5. The third-order valence-corrected chi connectivity index (χ3v) is 4.43. The van der Waals surface area contributed by atoms with Gasteiger partial charge in [-0.05, 0) is 63.1 Å². The van der Waals surface area contributed by atoms with Crippen LogP contribution in [0.5, 0.6) is 0 Å². The number of benzene rings is 2. The van der Waals surface area contributed by atoms with E-state index in [1.807, 2.05) is 19.2 Å². The number of nitrogens with one attached hydrogen (secondary N) is 1. The van der Waals surface area contributed by atoms with Crippen LogP contribution >= 0.6 is 15.9 Å². The van der Waals surface area contributed by atoms with Gasteiger partial charge in [0.25, 0.3) is 0 Å². The van der Waals surface area contributed by atoms with Crippen LogP contribution in [0.4, 0.5) is 4.39 Å². The molecule has 3 heteroatoms. The molecule has 0 radical (unpaired) electrons. The molecule has 0 saturated carbocycles. The first-order chi connectivity index (χ1) is 9.92. The third kappa shape index (κ3) is 3.72. The van der Waals surface area contributed by atoms with E-state index in [1.54, 1.807) is 0 Å². The molecule has 1 N–H and O–H groups in total. The van der Waals surface area contributed by atoms with Gasteiger partial charge in [0, 0.05) is 16.1 Å². The fourth-order valence-corrected chi connectivity index (χ4v) is 3.22. The molecule has 2 aromatic rings. The lowest BCUT2D eigenvalue weighted by Crippen LogP contribution is -2.21. The lowest BCUT2D eigenvalue weighted by Gasteiger charge is -2.20. The number of aryl methyl sites for hydroxylation is 3. The number of hydrogen-bond acceptors (Lipinski definition) is 1. The summed E-state index contributed by atoms with van der Waals surface area (Å²) in [5, 5.41) is 3.24. The molecule has 1 atom stereocenters. The largest absolute Gasteiger partial charge is 0.313 e. The average molecular weight is 350 g/mol. The SMILES string of the molecule is CNC(Cc1c(C)cc(C)cc1C)c1ccc(Br)cc1F.